The maximum atomic E-state index is 2.44. The summed E-state index contributed by atoms with van der Waals surface area (Å²) in [5.41, 5.74) is 2.98. The fraction of sp³-hybridized carbons (Fsp3) is 0.786. The van der Waals surface area contributed by atoms with Gasteiger partial charge in [0.15, 0.2) is 0 Å². The lowest BCUT2D eigenvalue weighted by Gasteiger charge is -2.37. The first-order chi connectivity index (χ1) is 12.7. The van der Waals surface area contributed by atoms with E-state index in [0.717, 1.165) is 23.7 Å². The van der Waals surface area contributed by atoms with Crippen LogP contribution in [0.3, 0.4) is 0 Å². The van der Waals surface area contributed by atoms with Crippen LogP contribution >= 0.6 is 0 Å². The Bertz CT molecular complexity index is 468. The number of hydrogen-bond donors (Lipinski definition) is 0. The molecule has 0 unspecified atom stereocenters. The van der Waals surface area contributed by atoms with Crippen molar-refractivity contribution in [3.63, 3.8) is 0 Å². The van der Waals surface area contributed by atoms with Crippen LogP contribution in [-0.4, -0.2) is 0 Å². The molecule has 1 aromatic carbocycles. The summed E-state index contributed by atoms with van der Waals surface area (Å²) in [6.07, 6.45) is 20.8. The van der Waals surface area contributed by atoms with Gasteiger partial charge in [0, 0.05) is 0 Å². The Balaban J connectivity index is 0.000000423. The molecule has 0 nitrogen and oxygen atoms in total. The molecule has 0 bridgehead atoms. The second kappa shape index (κ2) is 13.4. The molecule has 0 aliphatic heterocycles. The Morgan fingerprint density at radius 2 is 0.964 bits per heavy atom. The quantitative estimate of drug-likeness (QED) is 0.474. The molecule has 3 fully saturated rings. The first kappa shape index (κ1) is 25.3. The van der Waals surface area contributed by atoms with Gasteiger partial charge in [0.1, 0.15) is 0 Å². The molecule has 0 radical (unpaired) electrons. The van der Waals surface area contributed by atoms with Crippen molar-refractivity contribution in [1.29, 1.82) is 0 Å². The number of rotatable bonds is 2. The topological polar surface area (TPSA) is 0 Å². The molecule has 0 saturated heterocycles. The zero-order valence-corrected chi connectivity index (χ0v) is 17.5. The summed E-state index contributed by atoms with van der Waals surface area (Å²) in [5.74, 6) is 3.94. The Kier molecular flexibility index (Phi) is 12.1. The third-order valence-electron chi connectivity index (χ3n) is 7.55. The normalized spacial score (nSPS) is 30.1. The van der Waals surface area contributed by atoms with Crippen molar-refractivity contribution in [1.82, 2.24) is 0 Å². The van der Waals surface area contributed by atoms with E-state index in [1.165, 1.54) is 95.5 Å². The van der Waals surface area contributed by atoms with E-state index in [1.807, 2.05) is 0 Å². The average molecular weight is 387 g/mol. The first-order valence-corrected chi connectivity index (χ1v) is 11.8. The Morgan fingerprint density at radius 3 is 1.39 bits per heavy atom. The van der Waals surface area contributed by atoms with Crippen molar-refractivity contribution in [3.05, 3.63) is 35.4 Å². The van der Waals surface area contributed by atoms with Crippen molar-refractivity contribution < 1.29 is 0 Å². The molecule has 28 heavy (non-hydrogen) atoms. The van der Waals surface area contributed by atoms with Gasteiger partial charge in [0.25, 0.3) is 0 Å². The summed E-state index contributed by atoms with van der Waals surface area (Å²) in [6, 6.07) is 9.29. The van der Waals surface area contributed by atoms with E-state index in [-0.39, 0.29) is 14.9 Å². The van der Waals surface area contributed by atoms with Crippen molar-refractivity contribution in [2.75, 3.05) is 0 Å². The second-order valence-corrected chi connectivity index (χ2v) is 9.66. The summed E-state index contributed by atoms with van der Waals surface area (Å²) in [6.45, 7) is 4.62. The maximum absolute atomic E-state index is 2.44. The summed E-state index contributed by atoms with van der Waals surface area (Å²) in [5, 5.41) is 0. The second-order valence-electron chi connectivity index (χ2n) is 9.66. The minimum Gasteiger partial charge on any atom is -0.0776 e. The fourth-order valence-electron chi connectivity index (χ4n) is 5.58. The van der Waals surface area contributed by atoms with Crippen molar-refractivity contribution in [2.24, 2.45) is 17.8 Å². The molecule has 4 rings (SSSR count). The molecule has 0 amide bonds. The van der Waals surface area contributed by atoms with Crippen LogP contribution in [0, 0.1) is 24.7 Å². The minimum absolute atomic E-state index is 0. The Hall–Kier alpha value is -0.780. The SMILES string of the molecule is C.C.C1CCCCC1.Cc1ccc(C2CCC(C3CCC(C)CC3)CC2)cc1. The van der Waals surface area contributed by atoms with Gasteiger partial charge in [-0.3, -0.25) is 0 Å². The minimum atomic E-state index is 0. The maximum Gasteiger partial charge on any atom is -0.0162 e. The molecule has 0 N–H and O–H groups in total. The van der Waals surface area contributed by atoms with Gasteiger partial charge in [-0.25, -0.2) is 0 Å². The van der Waals surface area contributed by atoms with Crippen molar-refractivity contribution >= 4 is 0 Å². The summed E-state index contributed by atoms with van der Waals surface area (Å²) >= 11 is 0. The van der Waals surface area contributed by atoms with Crippen LogP contribution in [0.4, 0.5) is 0 Å². The lowest BCUT2D eigenvalue weighted by molar-refractivity contribution is 0.165. The zero-order valence-electron chi connectivity index (χ0n) is 17.5. The molecule has 0 heterocycles. The molecule has 0 atom stereocenters. The largest absolute Gasteiger partial charge is 0.0776 e. The summed E-state index contributed by atoms with van der Waals surface area (Å²) in [4.78, 5) is 0. The third kappa shape index (κ3) is 7.92. The average Bonchev–Trinajstić information content (AvgIpc) is 2.71. The molecule has 0 aromatic heterocycles. The number of benzene rings is 1. The monoisotopic (exact) mass is 386 g/mol. The number of aryl methyl sites for hydroxylation is 1. The van der Waals surface area contributed by atoms with Gasteiger partial charge in [0.05, 0.1) is 0 Å². The van der Waals surface area contributed by atoms with E-state index in [1.54, 1.807) is 5.56 Å². The van der Waals surface area contributed by atoms with Gasteiger partial charge in [-0.05, 0) is 74.7 Å². The lowest BCUT2D eigenvalue weighted by Crippen LogP contribution is -2.24. The molecule has 0 spiro atoms. The van der Waals surface area contributed by atoms with Crippen molar-refractivity contribution in [2.45, 2.75) is 125 Å². The molecule has 3 aliphatic rings. The van der Waals surface area contributed by atoms with Gasteiger partial charge in [-0.1, -0.05) is 103 Å². The van der Waals surface area contributed by atoms with Gasteiger partial charge in [-0.15, -0.1) is 0 Å². The van der Waals surface area contributed by atoms with Crippen LogP contribution in [0.1, 0.15) is 129 Å². The highest BCUT2D eigenvalue weighted by Crippen LogP contribution is 2.43. The molecule has 1 aromatic rings. The van der Waals surface area contributed by atoms with Crippen LogP contribution < -0.4 is 0 Å². The Labute approximate surface area is 177 Å². The van der Waals surface area contributed by atoms with Crippen LogP contribution in [0.15, 0.2) is 24.3 Å². The van der Waals surface area contributed by atoms with Gasteiger partial charge in [-0.2, -0.15) is 0 Å². The third-order valence-corrected chi connectivity index (χ3v) is 7.55. The van der Waals surface area contributed by atoms with Gasteiger partial charge in [0.2, 0.25) is 0 Å². The smallest absolute Gasteiger partial charge is 0.0162 e. The highest BCUT2D eigenvalue weighted by Gasteiger charge is 2.30. The highest BCUT2D eigenvalue weighted by molar-refractivity contribution is 5.24. The van der Waals surface area contributed by atoms with Gasteiger partial charge < -0.3 is 0 Å². The predicted molar refractivity (Wildman–Crippen MR) is 128 cm³/mol. The summed E-state index contributed by atoms with van der Waals surface area (Å²) in [7, 11) is 0. The van der Waals surface area contributed by atoms with Crippen LogP contribution in [-0.2, 0) is 0 Å². The lowest BCUT2D eigenvalue weighted by atomic mass is 9.68. The molecular formula is C28H50. The predicted octanol–water partition coefficient (Wildman–Crippen LogP) is 9.71. The van der Waals surface area contributed by atoms with Crippen molar-refractivity contribution in [3.8, 4) is 0 Å². The molecular weight excluding hydrogens is 336 g/mol. The van der Waals surface area contributed by atoms with E-state index in [2.05, 4.69) is 38.1 Å². The van der Waals surface area contributed by atoms with Crippen LogP contribution in [0.25, 0.3) is 0 Å². The first-order valence-electron chi connectivity index (χ1n) is 11.8. The standard InChI is InChI=1S/C20H30.C6H12.2CH4/c1-15-3-7-17(8-4-15)19-11-13-20(14-12-19)18-9-5-16(2)6-10-18;1-2-4-6-5-3-1;;/h3-4,7-8,16,18-20H,5-6,9-14H2,1-2H3;1-6H2;2*1H4. The van der Waals surface area contributed by atoms with E-state index >= 15 is 0 Å². The van der Waals surface area contributed by atoms with Gasteiger partial charge >= 0.3 is 0 Å². The highest BCUT2D eigenvalue weighted by atomic mass is 14.4. The van der Waals surface area contributed by atoms with E-state index in [9.17, 15) is 0 Å². The number of hydrogen-bond acceptors (Lipinski definition) is 0. The Morgan fingerprint density at radius 1 is 0.571 bits per heavy atom. The summed E-state index contributed by atoms with van der Waals surface area (Å²) < 4.78 is 0. The molecule has 3 saturated carbocycles. The van der Waals surface area contributed by atoms with Crippen LogP contribution in [0.5, 0.6) is 0 Å². The molecule has 0 heteroatoms. The van der Waals surface area contributed by atoms with E-state index in [0.29, 0.717) is 0 Å². The van der Waals surface area contributed by atoms with E-state index in [4.69, 9.17) is 0 Å². The zero-order chi connectivity index (χ0) is 18.2. The fourth-order valence-corrected chi connectivity index (χ4v) is 5.58. The van der Waals surface area contributed by atoms with Crippen LogP contribution in [0.2, 0.25) is 0 Å². The molecule has 3 aliphatic carbocycles. The molecule has 162 valence electrons. The van der Waals surface area contributed by atoms with E-state index < -0.39 is 0 Å².